The summed E-state index contributed by atoms with van der Waals surface area (Å²) in [5.74, 6) is 1.69. The number of nitrogens with zero attached hydrogens (tertiary/aromatic N) is 1. The Bertz CT molecular complexity index is 281. The molecule has 0 N–H and O–H groups in total. The van der Waals surface area contributed by atoms with Crippen LogP contribution in [0.1, 0.15) is 65.7 Å². The summed E-state index contributed by atoms with van der Waals surface area (Å²) in [6.45, 7) is 8.15. The molecule has 104 valence electrons. The lowest BCUT2D eigenvalue weighted by Gasteiger charge is -2.19. The van der Waals surface area contributed by atoms with Gasteiger partial charge in [-0.05, 0) is 25.8 Å². The molecule has 0 fully saturated rings. The maximum absolute atomic E-state index is 5.71. The van der Waals surface area contributed by atoms with Crippen LogP contribution in [0.3, 0.4) is 0 Å². The molecule has 0 saturated carbocycles. The molecule has 0 saturated heterocycles. The van der Waals surface area contributed by atoms with E-state index in [9.17, 15) is 0 Å². The van der Waals surface area contributed by atoms with E-state index in [-0.39, 0.29) is 0 Å². The van der Waals surface area contributed by atoms with Gasteiger partial charge in [-0.15, -0.1) is 0 Å². The number of aliphatic imine (C=N–C) groups is 1. The first-order valence-corrected chi connectivity index (χ1v) is 7.71. The third kappa shape index (κ3) is 4.83. The second-order valence-electron chi connectivity index (χ2n) is 5.06. The van der Waals surface area contributed by atoms with E-state index in [2.05, 4.69) is 31.8 Å². The fraction of sp³-hybridized carbons (Fsp3) is 0.812. The van der Waals surface area contributed by atoms with E-state index in [0.29, 0.717) is 5.92 Å². The summed E-state index contributed by atoms with van der Waals surface area (Å²) in [6.07, 6.45) is 11.2. The van der Waals surface area contributed by atoms with Crippen LogP contribution in [0.25, 0.3) is 0 Å². The minimum atomic E-state index is 0.622. The van der Waals surface area contributed by atoms with Crippen molar-refractivity contribution < 1.29 is 4.74 Å². The molecule has 0 aromatic rings. The van der Waals surface area contributed by atoms with Gasteiger partial charge in [-0.2, -0.15) is 0 Å². The van der Waals surface area contributed by atoms with Gasteiger partial charge in [0.2, 0.25) is 0 Å². The maximum atomic E-state index is 5.71. The van der Waals surface area contributed by atoms with Crippen LogP contribution < -0.4 is 0 Å². The lowest BCUT2D eigenvalue weighted by atomic mass is 9.90. The SMILES string of the molecule is CCCCCC(CCCC)C1=NCC=C1OCC. The fourth-order valence-corrected chi connectivity index (χ4v) is 2.54. The minimum Gasteiger partial charge on any atom is -0.492 e. The molecule has 1 aliphatic rings. The van der Waals surface area contributed by atoms with E-state index in [0.717, 1.165) is 18.9 Å². The molecule has 0 amide bonds. The second kappa shape index (κ2) is 9.18. The van der Waals surface area contributed by atoms with Crippen molar-refractivity contribution in [2.45, 2.75) is 65.7 Å². The summed E-state index contributed by atoms with van der Waals surface area (Å²) in [5, 5.41) is 0. The van der Waals surface area contributed by atoms with Gasteiger partial charge in [0, 0.05) is 5.92 Å². The Hall–Kier alpha value is -0.790. The molecule has 2 heteroatoms. The highest BCUT2D eigenvalue weighted by Gasteiger charge is 2.22. The fourth-order valence-electron chi connectivity index (χ4n) is 2.54. The van der Waals surface area contributed by atoms with E-state index in [1.807, 2.05) is 0 Å². The maximum Gasteiger partial charge on any atom is 0.138 e. The Morgan fingerprint density at radius 3 is 2.50 bits per heavy atom. The molecule has 0 spiro atoms. The normalized spacial score (nSPS) is 16.4. The van der Waals surface area contributed by atoms with Crippen molar-refractivity contribution >= 4 is 5.71 Å². The van der Waals surface area contributed by atoms with Crippen LogP contribution in [0.2, 0.25) is 0 Å². The Labute approximate surface area is 113 Å². The first-order chi connectivity index (χ1) is 8.83. The summed E-state index contributed by atoms with van der Waals surface area (Å²) >= 11 is 0. The van der Waals surface area contributed by atoms with Gasteiger partial charge in [0.25, 0.3) is 0 Å². The van der Waals surface area contributed by atoms with Gasteiger partial charge in [-0.25, -0.2) is 0 Å². The molecule has 0 radical (unpaired) electrons. The number of hydrogen-bond acceptors (Lipinski definition) is 2. The van der Waals surface area contributed by atoms with Gasteiger partial charge in [0.1, 0.15) is 5.76 Å². The summed E-state index contributed by atoms with van der Waals surface area (Å²) < 4.78 is 5.71. The standard InChI is InChI=1S/C16H29NO/c1-4-7-9-11-14(10-8-5-2)16-15(18-6-3)12-13-17-16/h12,14H,4-11,13H2,1-3H3. The van der Waals surface area contributed by atoms with Crippen molar-refractivity contribution in [1.82, 2.24) is 0 Å². The van der Waals surface area contributed by atoms with Crippen molar-refractivity contribution in [2.75, 3.05) is 13.2 Å². The van der Waals surface area contributed by atoms with E-state index in [1.165, 1.54) is 50.7 Å². The van der Waals surface area contributed by atoms with Gasteiger partial charge in [-0.3, -0.25) is 4.99 Å². The molecular formula is C16H29NO. The van der Waals surface area contributed by atoms with Crippen LogP contribution in [0.5, 0.6) is 0 Å². The Morgan fingerprint density at radius 2 is 1.83 bits per heavy atom. The van der Waals surface area contributed by atoms with Crippen LogP contribution in [0.4, 0.5) is 0 Å². The highest BCUT2D eigenvalue weighted by atomic mass is 16.5. The van der Waals surface area contributed by atoms with Crippen molar-refractivity contribution in [3.63, 3.8) is 0 Å². The van der Waals surface area contributed by atoms with E-state index >= 15 is 0 Å². The lowest BCUT2D eigenvalue weighted by molar-refractivity contribution is 0.247. The van der Waals surface area contributed by atoms with Crippen molar-refractivity contribution in [2.24, 2.45) is 10.9 Å². The van der Waals surface area contributed by atoms with Gasteiger partial charge >= 0.3 is 0 Å². The summed E-state index contributed by atoms with van der Waals surface area (Å²) in [4.78, 5) is 4.67. The first-order valence-electron chi connectivity index (χ1n) is 7.71. The largest absolute Gasteiger partial charge is 0.492 e. The van der Waals surface area contributed by atoms with E-state index in [1.54, 1.807) is 0 Å². The number of hydrogen-bond donors (Lipinski definition) is 0. The van der Waals surface area contributed by atoms with Crippen LogP contribution in [0, 0.1) is 5.92 Å². The second-order valence-corrected chi connectivity index (χ2v) is 5.06. The summed E-state index contributed by atoms with van der Waals surface area (Å²) in [5.41, 5.74) is 1.25. The van der Waals surface area contributed by atoms with E-state index in [4.69, 9.17) is 4.74 Å². The molecule has 1 atom stereocenters. The van der Waals surface area contributed by atoms with Crippen LogP contribution >= 0.6 is 0 Å². The molecule has 0 aliphatic carbocycles. The van der Waals surface area contributed by atoms with Crippen molar-refractivity contribution in [3.8, 4) is 0 Å². The zero-order valence-electron chi connectivity index (χ0n) is 12.4. The molecule has 0 aromatic carbocycles. The lowest BCUT2D eigenvalue weighted by Crippen LogP contribution is -2.17. The average Bonchev–Trinajstić information content (AvgIpc) is 2.82. The van der Waals surface area contributed by atoms with Crippen molar-refractivity contribution in [1.29, 1.82) is 0 Å². The molecule has 1 unspecified atom stereocenters. The third-order valence-electron chi connectivity index (χ3n) is 3.54. The van der Waals surface area contributed by atoms with Crippen LogP contribution in [0.15, 0.2) is 16.8 Å². The molecular weight excluding hydrogens is 222 g/mol. The van der Waals surface area contributed by atoms with Gasteiger partial charge < -0.3 is 4.74 Å². The predicted octanol–water partition coefficient (Wildman–Crippen LogP) is 4.75. The highest BCUT2D eigenvalue weighted by molar-refractivity contribution is 6.01. The predicted molar refractivity (Wildman–Crippen MR) is 79.2 cm³/mol. The van der Waals surface area contributed by atoms with Gasteiger partial charge in [0.15, 0.2) is 0 Å². The smallest absolute Gasteiger partial charge is 0.138 e. The Morgan fingerprint density at radius 1 is 1.11 bits per heavy atom. The number of rotatable bonds is 10. The van der Waals surface area contributed by atoms with Crippen LogP contribution in [-0.2, 0) is 4.74 Å². The Kier molecular flexibility index (Phi) is 7.79. The zero-order valence-corrected chi connectivity index (χ0v) is 12.4. The molecule has 1 rings (SSSR count). The number of ether oxygens (including phenoxy) is 1. The van der Waals surface area contributed by atoms with Gasteiger partial charge in [-0.1, -0.05) is 46.0 Å². The Balaban J connectivity index is 2.55. The number of allylic oxidation sites excluding steroid dienone is 1. The monoisotopic (exact) mass is 251 g/mol. The van der Waals surface area contributed by atoms with Crippen molar-refractivity contribution in [3.05, 3.63) is 11.8 Å². The zero-order chi connectivity index (χ0) is 13.2. The average molecular weight is 251 g/mol. The molecule has 2 nitrogen and oxygen atoms in total. The summed E-state index contributed by atoms with van der Waals surface area (Å²) in [7, 11) is 0. The highest BCUT2D eigenvalue weighted by Crippen LogP contribution is 2.25. The topological polar surface area (TPSA) is 21.6 Å². The minimum absolute atomic E-state index is 0.622. The molecule has 0 bridgehead atoms. The number of unbranched alkanes of at least 4 members (excludes halogenated alkanes) is 3. The van der Waals surface area contributed by atoms with Crippen LogP contribution in [-0.4, -0.2) is 18.9 Å². The molecule has 1 heterocycles. The van der Waals surface area contributed by atoms with E-state index < -0.39 is 0 Å². The molecule has 1 aliphatic heterocycles. The van der Waals surface area contributed by atoms with Gasteiger partial charge in [0.05, 0.1) is 18.9 Å². The summed E-state index contributed by atoms with van der Waals surface area (Å²) in [6, 6.07) is 0. The first kappa shape index (κ1) is 15.3. The molecule has 18 heavy (non-hydrogen) atoms. The molecule has 0 aromatic heterocycles. The quantitative estimate of drug-likeness (QED) is 0.513. The third-order valence-corrected chi connectivity index (χ3v) is 3.54.